The molecule has 0 aromatic carbocycles. The van der Waals surface area contributed by atoms with E-state index in [0.717, 1.165) is 6.04 Å². The van der Waals surface area contributed by atoms with E-state index in [0.29, 0.717) is 13.2 Å². The smallest absolute Gasteiger partial charge is 0.374 e. The maximum Gasteiger partial charge on any atom is 0.501 e. The van der Waals surface area contributed by atoms with Gasteiger partial charge in [-0.05, 0) is 27.8 Å². The van der Waals surface area contributed by atoms with E-state index in [1.54, 1.807) is 0 Å². The lowest BCUT2D eigenvalue weighted by Crippen LogP contribution is -2.49. The highest BCUT2D eigenvalue weighted by molar-refractivity contribution is 6.60. The summed E-state index contributed by atoms with van der Waals surface area (Å²) in [6.45, 7) is 9.19. The molecule has 1 unspecified atom stereocenters. The van der Waals surface area contributed by atoms with Gasteiger partial charge < -0.3 is 13.3 Å². The molecule has 0 amide bonds. The van der Waals surface area contributed by atoms with Crippen molar-refractivity contribution >= 4 is 8.80 Å². The third-order valence-corrected chi connectivity index (χ3v) is 4.96. The maximum absolute atomic E-state index is 5.80. The van der Waals surface area contributed by atoms with Crippen LogP contribution in [0.15, 0.2) is 0 Å². The predicted octanol–water partition coefficient (Wildman–Crippen LogP) is 1.60. The minimum atomic E-state index is -2.42. The number of hydrogen-bond acceptors (Lipinski definition) is 4. The van der Waals surface area contributed by atoms with Crippen LogP contribution >= 0.6 is 0 Å². The molecule has 0 radical (unpaired) electrons. The fourth-order valence-corrected chi connectivity index (χ4v) is 3.50. The lowest BCUT2D eigenvalue weighted by atomic mass is 10.7. The third kappa shape index (κ3) is 4.52. The lowest BCUT2D eigenvalue weighted by Gasteiger charge is -2.30. The largest absolute Gasteiger partial charge is 0.501 e. The van der Waals surface area contributed by atoms with Gasteiger partial charge in [0.2, 0.25) is 0 Å². The van der Waals surface area contributed by atoms with Gasteiger partial charge in [0.1, 0.15) is 0 Å². The zero-order valence-corrected chi connectivity index (χ0v) is 10.9. The zero-order chi connectivity index (χ0) is 11.0. The topological polar surface area (TPSA) is 39.7 Å². The summed E-state index contributed by atoms with van der Waals surface area (Å²) in [5.41, 5.74) is 0. The summed E-state index contributed by atoms with van der Waals surface area (Å²) < 4.78 is 17.1. The van der Waals surface area contributed by atoms with Gasteiger partial charge in [-0.15, -0.1) is 0 Å². The van der Waals surface area contributed by atoms with Crippen LogP contribution in [-0.2, 0) is 13.3 Å². The summed E-state index contributed by atoms with van der Waals surface area (Å²) in [7, 11) is -0.558. The molecule has 0 aliphatic carbocycles. The fourth-order valence-electron chi connectivity index (χ4n) is 1.17. The van der Waals surface area contributed by atoms with Gasteiger partial charge in [0.05, 0.1) is 6.23 Å². The van der Waals surface area contributed by atoms with Crippen molar-refractivity contribution in [2.45, 2.75) is 40.0 Å². The Balaban J connectivity index is 4.31. The monoisotopic (exact) mass is 221 g/mol. The SMILES string of the molecule is CCO[Si](CC)(OCC)OC(C)NC. The van der Waals surface area contributed by atoms with Gasteiger partial charge >= 0.3 is 8.80 Å². The number of nitrogens with one attached hydrogen (secondary N) is 1. The first-order valence-corrected chi connectivity index (χ1v) is 7.20. The summed E-state index contributed by atoms with van der Waals surface area (Å²) >= 11 is 0. The molecule has 0 aromatic heterocycles. The molecule has 14 heavy (non-hydrogen) atoms. The Hall–Kier alpha value is 0.0569. The van der Waals surface area contributed by atoms with Crippen LogP contribution in [-0.4, -0.2) is 35.3 Å². The Morgan fingerprint density at radius 1 is 1.14 bits per heavy atom. The highest BCUT2D eigenvalue weighted by atomic mass is 28.4. The average molecular weight is 221 g/mol. The second kappa shape index (κ2) is 7.36. The normalized spacial score (nSPS) is 14.4. The van der Waals surface area contributed by atoms with Crippen LogP contribution in [0.5, 0.6) is 0 Å². The number of rotatable bonds is 8. The van der Waals surface area contributed by atoms with E-state index in [9.17, 15) is 0 Å². The lowest BCUT2D eigenvalue weighted by molar-refractivity contribution is 0.0304. The second-order valence-corrected chi connectivity index (χ2v) is 5.84. The van der Waals surface area contributed by atoms with Crippen molar-refractivity contribution in [1.82, 2.24) is 5.32 Å². The fraction of sp³-hybridized carbons (Fsp3) is 1.00. The first kappa shape index (κ1) is 14.1. The molecule has 0 fully saturated rings. The molecule has 4 nitrogen and oxygen atoms in total. The Kier molecular flexibility index (Phi) is 7.39. The molecule has 0 bridgehead atoms. The van der Waals surface area contributed by atoms with Gasteiger partial charge in [-0.2, -0.15) is 0 Å². The molecule has 0 rings (SSSR count). The van der Waals surface area contributed by atoms with Gasteiger partial charge in [-0.3, -0.25) is 5.32 Å². The van der Waals surface area contributed by atoms with Crippen LogP contribution in [0.4, 0.5) is 0 Å². The van der Waals surface area contributed by atoms with E-state index in [-0.39, 0.29) is 6.23 Å². The Labute approximate surface area is 88.3 Å². The van der Waals surface area contributed by atoms with Crippen molar-refractivity contribution in [3.63, 3.8) is 0 Å². The van der Waals surface area contributed by atoms with Crippen molar-refractivity contribution in [2.75, 3.05) is 20.3 Å². The molecular weight excluding hydrogens is 198 g/mol. The van der Waals surface area contributed by atoms with Crippen LogP contribution in [0.25, 0.3) is 0 Å². The van der Waals surface area contributed by atoms with Gasteiger partial charge in [0, 0.05) is 19.3 Å². The molecule has 86 valence electrons. The highest BCUT2D eigenvalue weighted by Gasteiger charge is 2.39. The minimum absolute atomic E-state index is 0.0280. The summed E-state index contributed by atoms with van der Waals surface area (Å²) in [6, 6.07) is 0.806. The Morgan fingerprint density at radius 2 is 1.64 bits per heavy atom. The van der Waals surface area contributed by atoms with Gasteiger partial charge in [0.15, 0.2) is 0 Å². The van der Waals surface area contributed by atoms with Crippen molar-refractivity contribution < 1.29 is 13.3 Å². The molecule has 0 saturated heterocycles. The van der Waals surface area contributed by atoms with E-state index < -0.39 is 8.80 Å². The van der Waals surface area contributed by atoms with Crippen LogP contribution in [0, 0.1) is 0 Å². The molecule has 0 saturated carbocycles. The number of hydrogen-bond donors (Lipinski definition) is 1. The molecular formula is C9H23NO3Si. The van der Waals surface area contributed by atoms with E-state index >= 15 is 0 Å². The third-order valence-electron chi connectivity index (χ3n) is 1.92. The molecule has 5 heteroatoms. The maximum atomic E-state index is 5.80. The molecule has 0 spiro atoms. The molecule has 0 heterocycles. The van der Waals surface area contributed by atoms with E-state index in [1.807, 2.05) is 34.7 Å². The molecule has 1 N–H and O–H groups in total. The van der Waals surface area contributed by atoms with Crippen molar-refractivity contribution in [3.05, 3.63) is 0 Å². The standard InChI is InChI=1S/C9H23NO3Si/c1-6-11-14(8-3,12-7-2)13-9(4)10-5/h9-10H,6-8H2,1-5H3. The van der Waals surface area contributed by atoms with Crippen molar-refractivity contribution in [3.8, 4) is 0 Å². The molecule has 0 aromatic rings. The quantitative estimate of drug-likeness (QED) is 0.499. The molecule has 1 atom stereocenters. The molecule has 0 aliphatic heterocycles. The van der Waals surface area contributed by atoms with Crippen LogP contribution in [0.3, 0.4) is 0 Å². The Bertz CT molecular complexity index is 140. The van der Waals surface area contributed by atoms with Crippen molar-refractivity contribution in [1.29, 1.82) is 0 Å². The zero-order valence-electron chi connectivity index (χ0n) is 9.92. The van der Waals surface area contributed by atoms with Crippen LogP contribution in [0.2, 0.25) is 6.04 Å². The molecule has 0 aliphatic rings. The summed E-state index contributed by atoms with van der Waals surface area (Å²) in [6.07, 6.45) is -0.0280. The van der Waals surface area contributed by atoms with Crippen molar-refractivity contribution in [2.24, 2.45) is 0 Å². The highest BCUT2D eigenvalue weighted by Crippen LogP contribution is 2.16. The minimum Gasteiger partial charge on any atom is -0.374 e. The summed E-state index contributed by atoms with van der Waals surface area (Å²) in [4.78, 5) is 0. The Morgan fingerprint density at radius 3 is 1.93 bits per heavy atom. The van der Waals surface area contributed by atoms with E-state index in [4.69, 9.17) is 13.3 Å². The average Bonchev–Trinajstić information content (AvgIpc) is 2.18. The first-order valence-electron chi connectivity index (χ1n) is 5.27. The van der Waals surface area contributed by atoms with Crippen LogP contribution < -0.4 is 5.32 Å². The van der Waals surface area contributed by atoms with E-state index in [2.05, 4.69) is 5.32 Å². The van der Waals surface area contributed by atoms with Gasteiger partial charge in [-0.25, -0.2) is 0 Å². The summed E-state index contributed by atoms with van der Waals surface area (Å²) in [5.74, 6) is 0. The second-order valence-electron chi connectivity index (χ2n) is 2.95. The predicted molar refractivity (Wildman–Crippen MR) is 59.1 cm³/mol. The summed E-state index contributed by atoms with van der Waals surface area (Å²) in [5, 5.41) is 3.02. The van der Waals surface area contributed by atoms with Gasteiger partial charge in [0.25, 0.3) is 0 Å². The van der Waals surface area contributed by atoms with Crippen LogP contribution in [0.1, 0.15) is 27.7 Å². The van der Waals surface area contributed by atoms with Gasteiger partial charge in [-0.1, -0.05) is 6.92 Å². The first-order chi connectivity index (χ1) is 6.64. The van der Waals surface area contributed by atoms with E-state index in [1.165, 1.54) is 0 Å².